The Morgan fingerprint density at radius 3 is 2.43 bits per heavy atom. The van der Waals surface area contributed by atoms with Crippen molar-refractivity contribution in [2.24, 2.45) is 0 Å². The van der Waals surface area contributed by atoms with Gasteiger partial charge in [0, 0.05) is 43.5 Å². The quantitative estimate of drug-likeness (QED) is 0.650. The number of methoxy groups -OCH3 is 1. The fourth-order valence-corrected chi connectivity index (χ4v) is 3.98. The Kier molecular flexibility index (Phi) is 9.56. The summed E-state index contributed by atoms with van der Waals surface area (Å²) >= 11 is 0. The van der Waals surface area contributed by atoms with Gasteiger partial charge in [-0.25, -0.2) is 8.78 Å². The van der Waals surface area contributed by atoms with Crippen molar-refractivity contribution in [1.82, 2.24) is 14.8 Å². The molecule has 0 saturated heterocycles. The molecule has 1 N–H and O–H groups in total. The number of amides is 2. The van der Waals surface area contributed by atoms with Gasteiger partial charge in [-0.2, -0.15) is 0 Å². The van der Waals surface area contributed by atoms with Crippen molar-refractivity contribution >= 4 is 11.8 Å². The van der Waals surface area contributed by atoms with Gasteiger partial charge in [-0.05, 0) is 32.3 Å². The first kappa shape index (κ1) is 28.0. The summed E-state index contributed by atoms with van der Waals surface area (Å²) in [6.45, 7) is 9.92. The van der Waals surface area contributed by atoms with Crippen LogP contribution in [0.1, 0.15) is 84.1 Å². The average molecular weight is 492 g/mol. The molecule has 0 bridgehead atoms. The Morgan fingerprint density at radius 1 is 1.23 bits per heavy atom. The maximum atomic E-state index is 14.3. The molecule has 0 radical (unpaired) electrons. The topological polar surface area (TPSA) is 80.6 Å². The highest BCUT2D eigenvalue weighted by Gasteiger charge is 2.35. The number of aromatic nitrogens is 1. The molecular formula is C26H35F2N3O4. The minimum Gasteiger partial charge on any atom is -0.491 e. The van der Waals surface area contributed by atoms with Gasteiger partial charge in [0.15, 0.2) is 11.4 Å². The van der Waals surface area contributed by atoms with Crippen molar-refractivity contribution in [2.45, 2.75) is 66.5 Å². The molecule has 0 spiro atoms. The van der Waals surface area contributed by atoms with E-state index in [4.69, 9.17) is 4.74 Å². The van der Waals surface area contributed by atoms with Crippen LogP contribution in [0.15, 0.2) is 16.9 Å². The van der Waals surface area contributed by atoms with Crippen LogP contribution in [0.4, 0.5) is 8.78 Å². The monoisotopic (exact) mass is 491 g/mol. The Morgan fingerprint density at radius 2 is 1.86 bits per heavy atom. The third-order valence-corrected chi connectivity index (χ3v) is 6.01. The Labute approximate surface area is 205 Å². The summed E-state index contributed by atoms with van der Waals surface area (Å²) in [4.78, 5) is 40.8. The zero-order valence-electron chi connectivity index (χ0n) is 21.6. The minimum absolute atomic E-state index is 0.102. The van der Waals surface area contributed by atoms with Crippen LogP contribution < -0.4 is 15.5 Å². The third kappa shape index (κ3) is 5.55. The second-order valence-corrected chi connectivity index (χ2v) is 8.67. The largest absolute Gasteiger partial charge is 0.491 e. The lowest BCUT2D eigenvalue weighted by molar-refractivity contribution is 0.0785. The Balaban J connectivity index is 0.00000137. The van der Waals surface area contributed by atoms with Crippen LogP contribution in [-0.4, -0.2) is 42.0 Å². The molecule has 2 heterocycles. The number of rotatable bonds is 6. The van der Waals surface area contributed by atoms with E-state index < -0.39 is 23.0 Å². The first-order valence-corrected chi connectivity index (χ1v) is 11.9. The maximum Gasteiger partial charge on any atom is 0.274 e. The molecule has 1 aliphatic heterocycles. The summed E-state index contributed by atoms with van der Waals surface area (Å²) < 4.78 is 34.8. The Bertz CT molecular complexity index is 1160. The molecule has 1 unspecified atom stereocenters. The first-order chi connectivity index (χ1) is 16.5. The minimum atomic E-state index is -0.748. The fraction of sp³-hybridized carbons (Fsp3) is 0.500. The van der Waals surface area contributed by atoms with E-state index in [1.54, 1.807) is 11.6 Å². The number of halogens is 2. The van der Waals surface area contributed by atoms with E-state index in [0.717, 1.165) is 6.07 Å². The number of fused-ring (bicyclic) bond motifs is 1. The van der Waals surface area contributed by atoms with Crippen LogP contribution >= 0.6 is 0 Å². The highest BCUT2D eigenvalue weighted by Crippen LogP contribution is 2.34. The third-order valence-electron chi connectivity index (χ3n) is 6.01. The number of nitrogens with zero attached hydrogens (tertiary/aromatic N) is 2. The lowest BCUT2D eigenvalue weighted by Gasteiger charge is -2.22. The van der Waals surface area contributed by atoms with Crippen LogP contribution in [-0.2, 0) is 13.1 Å². The number of hydrogen-bond donors (Lipinski definition) is 1. The molecule has 2 aromatic rings. The summed E-state index contributed by atoms with van der Waals surface area (Å²) in [7, 11) is 2.90. The van der Waals surface area contributed by atoms with Gasteiger partial charge in [-0.1, -0.05) is 33.3 Å². The lowest BCUT2D eigenvalue weighted by atomic mass is 10.00. The number of benzene rings is 1. The van der Waals surface area contributed by atoms with Crippen molar-refractivity contribution in [3.63, 3.8) is 0 Å². The molecule has 0 aliphatic carbocycles. The smallest absolute Gasteiger partial charge is 0.274 e. The van der Waals surface area contributed by atoms with E-state index >= 15 is 0 Å². The van der Waals surface area contributed by atoms with Crippen molar-refractivity contribution in [3.05, 3.63) is 62.1 Å². The van der Waals surface area contributed by atoms with E-state index in [1.165, 1.54) is 31.4 Å². The van der Waals surface area contributed by atoms with Gasteiger partial charge in [0.25, 0.3) is 11.8 Å². The first-order valence-electron chi connectivity index (χ1n) is 11.9. The second kappa shape index (κ2) is 12.0. The standard InChI is InChI=1S/C23H27F2N3O4.C3H8/c1-6-27(4)23(31)19-21(32-5)20(29)16(18-12(2)9-10-28(18)19)22(30)26-11-14-7-8-15(24)13(3)17(14)25;1-3-2/h7-8,12H,6,9-11H2,1-5H3,(H,26,30);3H2,1-2H3. The highest BCUT2D eigenvalue weighted by atomic mass is 19.1. The van der Waals surface area contributed by atoms with Crippen LogP contribution in [0.3, 0.4) is 0 Å². The molecule has 1 aliphatic rings. The molecule has 35 heavy (non-hydrogen) atoms. The van der Waals surface area contributed by atoms with E-state index in [0.29, 0.717) is 25.2 Å². The van der Waals surface area contributed by atoms with Crippen LogP contribution in [0.5, 0.6) is 5.75 Å². The molecule has 0 fully saturated rings. The van der Waals surface area contributed by atoms with E-state index in [2.05, 4.69) is 19.2 Å². The van der Waals surface area contributed by atoms with Gasteiger partial charge in [-0.3, -0.25) is 14.4 Å². The lowest BCUT2D eigenvalue weighted by Crippen LogP contribution is -2.36. The fourth-order valence-electron chi connectivity index (χ4n) is 3.98. The number of pyridine rings is 1. The van der Waals surface area contributed by atoms with Crippen molar-refractivity contribution in [3.8, 4) is 5.75 Å². The van der Waals surface area contributed by atoms with Gasteiger partial charge < -0.3 is 19.5 Å². The molecule has 2 amide bonds. The molecule has 7 nitrogen and oxygen atoms in total. The summed E-state index contributed by atoms with van der Waals surface area (Å²) in [6, 6.07) is 2.38. The van der Waals surface area contributed by atoms with Gasteiger partial charge in [0.2, 0.25) is 5.43 Å². The van der Waals surface area contributed by atoms with Gasteiger partial charge >= 0.3 is 0 Å². The molecule has 1 aromatic carbocycles. The van der Waals surface area contributed by atoms with Gasteiger partial charge in [0.1, 0.15) is 17.2 Å². The van der Waals surface area contributed by atoms with Crippen molar-refractivity contribution < 1.29 is 23.1 Å². The molecule has 1 aromatic heterocycles. The summed E-state index contributed by atoms with van der Waals surface area (Å²) in [5.41, 5.74) is -0.272. The molecular weight excluding hydrogens is 456 g/mol. The summed E-state index contributed by atoms with van der Waals surface area (Å²) in [5.74, 6) is -2.83. The van der Waals surface area contributed by atoms with Crippen LogP contribution in [0.2, 0.25) is 0 Å². The number of nitrogens with one attached hydrogen (secondary N) is 1. The maximum absolute atomic E-state index is 14.3. The normalized spacial score (nSPS) is 14.0. The number of carbonyl (C=O) groups is 2. The van der Waals surface area contributed by atoms with Gasteiger partial charge in [0.05, 0.1) is 7.11 Å². The number of hydrogen-bond acceptors (Lipinski definition) is 4. The highest BCUT2D eigenvalue weighted by molar-refractivity contribution is 6.00. The predicted molar refractivity (Wildman–Crippen MR) is 131 cm³/mol. The predicted octanol–water partition coefficient (Wildman–Crippen LogP) is 4.39. The van der Waals surface area contributed by atoms with Crippen molar-refractivity contribution in [2.75, 3.05) is 20.7 Å². The van der Waals surface area contributed by atoms with Crippen LogP contribution in [0.25, 0.3) is 0 Å². The molecule has 0 saturated carbocycles. The summed E-state index contributed by atoms with van der Waals surface area (Å²) in [5, 5.41) is 2.56. The van der Waals surface area contributed by atoms with E-state index in [1.807, 2.05) is 13.8 Å². The van der Waals surface area contributed by atoms with Crippen molar-refractivity contribution in [1.29, 1.82) is 0 Å². The zero-order chi connectivity index (χ0) is 26.4. The van der Waals surface area contributed by atoms with E-state index in [9.17, 15) is 23.2 Å². The summed E-state index contributed by atoms with van der Waals surface area (Å²) in [6.07, 6.45) is 1.90. The van der Waals surface area contributed by atoms with Gasteiger partial charge in [-0.15, -0.1) is 0 Å². The molecule has 1 atom stereocenters. The molecule has 3 rings (SSSR count). The molecule has 9 heteroatoms. The Hall–Kier alpha value is -3.23. The van der Waals surface area contributed by atoms with E-state index in [-0.39, 0.29) is 46.5 Å². The zero-order valence-corrected chi connectivity index (χ0v) is 21.6. The SMILES string of the molecule is CCC.CCN(C)C(=O)c1c(OC)c(=O)c(C(=O)NCc2ccc(F)c(C)c2F)c2n1CCC2C. The molecule has 192 valence electrons. The van der Waals surface area contributed by atoms with Crippen LogP contribution in [0, 0.1) is 18.6 Å². The number of ether oxygens (including phenoxy) is 1. The number of carbonyl (C=O) groups excluding carboxylic acids is 2. The average Bonchev–Trinajstić information content (AvgIpc) is 3.21. The second-order valence-electron chi connectivity index (χ2n) is 8.67.